The van der Waals surface area contributed by atoms with Crippen molar-refractivity contribution in [2.75, 3.05) is 36.4 Å². The lowest BCUT2D eigenvalue weighted by molar-refractivity contribution is -0.385. The molecule has 1 aromatic heterocycles. The number of benzene rings is 2. The zero-order valence-electron chi connectivity index (χ0n) is 18.0. The van der Waals surface area contributed by atoms with Crippen LogP contribution >= 0.6 is 23.6 Å². The number of nitro groups is 1. The van der Waals surface area contributed by atoms with Gasteiger partial charge in [0.2, 0.25) is 0 Å². The van der Waals surface area contributed by atoms with Crippen LogP contribution in [0.15, 0.2) is 66.0 Å². The van der Waals surface area contributed by atoms with Crippen LogP contribution in [0.3, 0.4) is 0 Å². The molecule has 11 heteroatoms. The fraction of sp³-hybridized carbons (Fsp3) is 0.174. The van der Waals surface area contributed by atoms with Gasteiger partial charge in [-0.15, -0.1) is 11.3 Å². The smallest absolute Gasteiger partial charge is 0.282 e. The SMILES string of the molecule is O=C(NC(=S)Nc1ccc(N2CCN(C(=O)c3cccs3)CC2)cc1)c1ccccc1[N+](=O)[O-]. The maximum atomic E-state index is 12.5. The molecule has 2 amide bonds. The number of hydrogen-bond donors (Lipinski definition) is 2. The average Bonchev–Trinajstić information content (AvgIpc) is 3.39. The van der Waals surface area contributed by atoms with Crippen molar-refractivity contribution in [1.29, 1.82) is 0 Å². The van der Waals surface area contributed by atoms with Gasteiger partial charge in [0.05, 0.1) is 9.80 Å². The Kier molecular flexibility index (Phi) is 7.14. The van der Waals surface area contributed by atoms with E-state index in [0.717, 1.165) is 23.7 Å². The quantitative estimate of drug-likeness (QED) is 0.315. The van der Waals surface area contributed by atoms with E-state index in [9.17, 15) is 19.7 Å². The molecule has 1 aliphatic heterocycles. The summed E-state index contributed by atoms with van der Waals surface area (Å²) < 4.78 is 0. The summed E-state index contributed by atoms with van der Waals surface area (Å²) in [5.41, 5.74) is 1.33. The molecule has 9 nitrogen and oxygen atoms in total. The molecule has 2 aromatic carbocycles. The summed E-state index contributed by atoms with van der Waals surface area (Å²) in [5, 5.41) is 18.5. The summed E-state index contributed by atoms with van der Waals surface area (Å²) in [6.07, 6.45) is 0. The van der Waals surface area contributed by atoms with E-state index in [1.165, 1.54) is 29.5 Å². The lowest BCUT2D eigenvalue weighted by Gasteiger charge is -2.36. The Bertz CT molecular complexity index is 1210. The standard InChI is InChI=1S/C23H21N5O4S2/c29-21(18-4-1-2-5-19(18)28(31)32)25-23(33)24-16-7-9-17(10-8-16)26-11-13-27(14-12-26)22(30)20-6-3-15-34-20/h1-10,15H,11-14H2,(H2,24,25,29,33). The van der Waals surface area contributed by atoms with Gasteiger partial charge < -0.3 is 15.1 Å². The first kappa shape index (κ1) is 23.3. The highest BCUT2D eigenvalue weighted by Crippen LogP contribution is 2.21. The lowest BCUT2D eigenvalue weighted by atomic mass is 10.1. The Morgan fingerprint density at radius 1 is 0.971 bits per heavy atom. The molecule has 0 bridgehead atoms. The number of thiophene rings is 1. The van der Waals surface area contributed by atoms with E-state index in [0.29, 0.717) is 18.8 Å². The zero-order valence-corrected chi connectivity index (χ0v) is 19.6. The second-order valence-electron chi connectivity index (χ2n) is 7.49. The summed E-state index contributed by atoms with van der Waals surface area (Å²) in [7, 11) is 0. The largest absolute Gasteiger partial charge is 0.368 e. The molecule has 1 aliphatic rings. The van der Waals surface area contributed by atoms with Gasteiger partial charge in [-0.2, -0.15) is 0 Å². The van der Waals surface area contributed by atoms with Crippen molar-refractivity contribution >= 4 is 57.5 Å². The van der Waals surface area contributed by atoms with Crippen molar-refractivity contribution in [2.45, 2.75) is 0 Å². The first-order valence-corrected chi connectivity index (χ1v) is 11.7. The van der Waals surface area contributed by atoms with Gasteiger partial charge in [-0.1, -0.05) is 18.2 Å². The summed E-state index contributed by atoms with van der Waals surface area (Å²) in [5.74, 6) is -0.582. The number of nitro benzene ring substituents is 1. The zero-order chi connectivity index (χ0) is 24.1. The Morgan fingerprint density at radius 2 is 1.68 bits per heavy atom. The number of nitrogens with one attached hydrogen (secondary N) is 2. The molecule has 4 rings (SSSR count). The fourth-order valence-corrected chi connectivity index (χ4v) is 4.54. The van der Waals surface area contributed by atoms with E-state index in [1.54, 1.807) is 6.07 Å². The van der Waals surface area contributed by atoms with Crippen molar-refractivity contribution in [2.24, 2.45) is 0 Å². The van der Waals surface area contributed by atoms with Gasteiger partial charge in [0.15, 0.2) is 5.11 Å². The Hall–Kier alpha value is -3.83. The molecule has 1 saturated heterocycles. The molecule has 1 fully saturated rings. The third kappa shape index (κ3) is 5.38. The molecular formula is C23H21N5O4S2. The van der Waals surface area contributed by atoms with Crippen molar-refractivity contribution < 1.29 is 14.5 Å². The van der Waals surface area contributed by atoms with Crippen molar-refractivity contribution in [3.05, 3.63) is 86.6 Å². The maximum Gasteiger partial charge on any atom is 0.282 e. The molecule has 3 aromatic rings. The van der Waals surface area contributed by atoms with Gasteiger partial charge in [-0.3, -0.25) is 25.0 Å². The second kappa shape index (κ2) is 10.4. The molecule has 2 N–H and O–H groups in total. The normalized spacial score (nSPS) is 13.3. The van der Waals surface area contributed by atoms with Crippen LogP contribution in [0, 0.1) is 10.1 Å². The minimum Gasteiger partial charge on any atom is -0.368 e. The molecule has 0 unspecified atom stereocenters. The predicted octanol–water partition coefficient (Wildman–Crippen LogP) is 3.75. The number of thiocarbonyl (C=S) groups is 1. The van der Waals surface area contributed by atoms with Crippen LogP contribution in [-0.4, -0.2) is 52.9 Å². The number of para-hydroxylation sites is 1. The number of rotatable bonds is 5. The average molecular weight is 496 g/mol. The number of carbonyl (C=O) groups excluding carboxylic acids is 2. The first-order chi connectivity index (χ1) is 16.4. The van der Waals surface area contributed by atoms with Gasteiger partial charge in [-0.05, 0) is 54.0 Å². The summed E-state index contributed by atoms with van der Waals surface area (Å²) >= 11 is 6.64. The molecule has 0 spiro atoms. The van der Waals surface area contributed by atoms with Gasteiger partial charge in [-0.25, -0.2) is 0 Å². The first-order valence-electron chi connectivity index (χ1n) is 10.5. The topological polar surface area (TPSA) is 108 Å². The Balaban J connectivity index is 1.30. The van der Waals surface area contributed by atoms with Crippen LogP contribution in [0.4, 0.5) is 17.1 Å². The van der Waals surface area contributed by atoms with Crippen molar-refractivity contribution in [3.8, 4) is 0 Å². The van der Waals surface area contributed by atoms with Gasteiger partial charge in [0.25, 0.3) is 17.5 Å². The molecule has 0 aliphatic carbocycles. The number of piperazine rings is 1. The van der Waals surface area contributed by atoms with Crippen LogP contribution in [0.1, 0.15) is 20.0 Å². The van der Waals surface area contributed by atoms with Gasteiger partial charge in [0, 0.05) is 43.6 Å². The van der Waals surface area contributed by atoms with Crippen LogP contribution in [-0.2, 0) is 0 Å². The lowest BCUT2D eigenvalue weighted by Crippen LogP contribution is -2.48. The minimum atomic E-state index is -0.656. The minimum absolute atomic E-state index is 0.0385. The summed E-state index contributed by atoms with van der Waals surface area (Å²) in [6.45, 7) is 2.76. The highest BCUT2D eigenvalue weighted by atomic mass is 32.1. The monoisotopic (exact) mass is 495 g/mol. The maximum absolute atomic E-state index is 12.5. The van der Waals surface area contributed by atoms with E-state index in [4.69, 9.17) is 12.2 Å². The molecule has 0 radical (unpaired) electrons. The molecule has 0 atom stereocenters. The fourth-order valence-electron chi connectivity index (χ4n) is 3.64. The summed E-state index contributed by atoms with van der Waals surface area (Å²) in [6, 6.07) is 17.0. The number of hydrogen-bond acceptors (Lipinski definition) is 7. The third-order valence-electron chi connectivity index (χ3n) is 5.36. The van der Waals surface area contributed by atoms with E-state index in [-0.39, 0.29) is 22.3 Å². The molecule has 34 heavy (non-hydrogen) atoms. The molecular weight excluding hydrogens is 474 g/mol. The van der Waals surface area contributed by atoms with E-state index in [1.807, 2.05) is 46.7 Å². The van der Waals surface area contributed by atoms with Crippen molar-refractivity contribution in [3.63, 3.8) is 0 Å². The van der Waals surface area contributed by atoms with Crippen LogP contribution in [0.5, 0.6) is 0 Å². The van der Waals surface area contributed by atoms with E-state index in [2.05, 4.69) is 15.5 Å². The second-order valence-corrected chi connectivity index (χ2v) is 8.84. The number of anilines is 2. The van der Waals surface area contributed by atoms with E-state index < -0.39 is 10.8 Å². The Morgan fingerprint density at radius 3 is 2.32 bits per heavy atom. The number of carbonyl (C=O) groups is 2. The summed E-state index contributed by atoms with van der Waals surface area (Å²) in [4.78, 5) is 40.3. The van der Waals surface area contributed by atoms with Crippen LogP contribution < -0.4 is 15.5 Å². The van der Waals surface area contributed by atoms with Gasteiger partial charge >= 0.3 is 0 Å². The molecule has 174 valence electrons. The van der Waals surface area contributed by atoms with Crippen molar-refractivity contribution in [1.82, 2.24) is 10.2 Å². The Labute approximate surface area is 205 Å². The predicted molar refractivity (Wildman–Crippen MR) is 136 cm³/mol. The molecule has 0 saturated carbocycles. The number of nitrogens with zero attached hydrogens (tertiary/aromatic N) is 3. The van der Waals surface area contributed by atoms with Gasteiger partial charge in [0.1, 0.15) is 5.56 Å². The third-order valence-corrected chi connectivity index (χ3v) is 6.42. The highest BCUT2D eigenvalue weighted by molar-refractivity contribution is 7.80. The van der Waals surface area contributed by atoms with E-state index >= 15 is 0 Å². The number of amides is 2. The van der Waals surface area contributed by atoms with Crippen LogP contribution in [0.2, 0.25) is 0 Å². The molecule has 2 heterocycles. The highest BCUT2D eigenvalue weighted by Gasteiger charge is 2.23. The van der Waals surface area contributed by atoms with Crippen LogP contribution in [0.25, 0.3) is 0 Å².